The molecule has 0 saturated heterocycles. The number of allylic oxidation sites excluding steroid dienone is 1. The molecule has 0 saturated carbocycles. The van der Waals surface area contributed by atoms with E-state index >= 15 is 0 Å². The first-order valence-corrected chi connectivity index (χ1v) is 19.0. The number of aromatic nitrogens is 1. The van der Waals surface area contributed by atoms with E-state index in [2.05, 4.69) is 41.0 Å². The van der Waals surface area contributed by atoms with E-state index < -0.39 is 64.0 Å². The number of nitrogens with zero attached hydrogens (tertiary/aromatic N) is 2. The van der Waals surface area contributed by atoms with Gasteiger partial charge in [-0.05, 0) is 71.3 Å². The van der Waals surface area contributed by atoms with Gasteiger partial charge in [0, 0.05) is 33.4 Å². The maximum Gasteiger partial charge on any atom is 0.208 e. The summed E-state index contributed by atoms with van der Waals surface area (Å²) in [5.74, 6) is -8.54. The van der Waals surface area contributed by atoms with E-state index in [9.17, 15) is 51.1 Å². The van der Waals surface area contributed by atoms with Crippen molar-refractivity contribution in [1.29, 1.82) is 0 Å². The van der Waals surface area contributed by atoms with Gasteiger partial charge in [0.1, 0.15) is 11.5 Å². The normalized spacial score (nSPS) is 13.3. The highest BCUT2D eigenvalue weighted by Gasteiger charge is 2.28. The molecule has 61 heavy (non-hydrogen) atoms. The molecule has 0 fully saturated rings. The molecule has 0 atom stereocenters. The number of hydrogen-bond acceptors (Lipinski definition) is 11. The van der Waals surface area contributed by atoms with Crippen LogP contribution in [0.5, 0.6) is 28.7 Å². The summed E-state index contributed by atoms with van der Waals surface area (Å²) in [6.07, 6.45) is -0.592. The van der Waals surface area contributed by atoms with Gasteiger partial charge in [-0.15, -0.1) is 0 Å². The second kappa shape index (κ2) is 14.6. The number of hydrogen-bond donors (Lipinski definition) is 10. The van der Waals surface area contributed by atoms with Crippen molar-refractivity contribution in [2.24, 2.45) is 0 Å². The van der Waals surface area contributed by atoms with Gasteiger partial charge in [0.05, 0.1) is 34.3 Å². The Hall–Kier alpha value is -8.64. The predicted molar refractivity (Wildman–Crippen MR) is 233 cm³/mol. The van der Waals surface area contributed by atoms with Gasteiger partial charge in [-0.2, -0.15) is 0 Å². The van der Waals surface area contributed by atoms with Gasteiger partial charge < -0.3 is 60.5 Å². The molecule has 12 nitrogen and oxygen atoms in total. The number of fused-ring (bicyclic) bond motifs is 3. The average Bonchev–Trinajstić information content (AvgIpc) is 3.60. The molecule has 0 radical (unpaired) electrons. The highest BCUT2D eigenvalue weighted by atomic mass is 16.4. The summed E-state index contributed by atoms with van der Waals surface area (Å²) >= 11 is 0. The third-order valence-corrected chi connectivity index (χ3v) is 10.9. The second-order valence-electron chi connectivity index (χ2n) is 14.5. The molecule has 9 rings (SSSR count). The molecule has 7 aromatic carbocycles. The smallest absolute Gasteiger partial charge is 0.208 e. The van der Waals surface area contributed by atoms with E-state index in [0.29, 0.717) is 17.1 Å². The third kappa shape index (κ3) is 6.17. The first-order valence-electron chi connectivity index (χ1n) is 19.0. The van der Waals surface area contributed by atoms with Crippen LogP contribution in [-0.2, 0) is 0 Å². The van der Waals surface area contributed by atoms with Crippen LogP contribution >= 0.6 is 0 Å². The van der Waals surface area contributed by atoms with Crippen molar-refractivity contribution in [1.82, 2.24) is 4.57 Å². The molecule has 0 amide bonds. The fraction of sp³-hybridized carbons (Fsp3) is 0.0204. The lowest BCUT2D eigenvalue weighted by molar-refractivity contribution is 0.270. The summed E-state index contributed by atoms with van der Waals surface area (Å²) in [5.41, 5.74) is 6.67. The van der Waals surface area contributed by atoms with Crippen molar-refractivity contribution < 1.29 is 51.1 Å². The summed E-state index contributed by atoms with van der Waals surface area (Å²) < 4.78 is 2.26. The van der Waals surface area contributed by atoms with Crippen LogP contribution in [0, 0.1) is 0 Å². The maximum atomic E-state index is 10.8. The van der Waals surface area contributed by atoms with Gasteiger partial charge in [0.25, 0.3) is 0 Å². The Kier molecular flexibility index (Phi) is 9.09. The van der Waals surface area contributed by atoms with Crippen molar-refractivity contribution in [3.63, 3.8) is 0 Å². The molecule has 0 bridgehead atoms. The zero-order valence-electron chi connectivity index (χ0n) is 31.9. The van der Waals surface area contributed by atoms with Crippen LogP contribution < -0.4 is 4.90 Å². The number of aromatic hydroxyl groups is 5. The van der Waals surface area contributed by atoms with E-state index in [0.717, 1.165) is 38.6 Å². The lowest BCUT2D eigenvalue weighted by Gasteiger charge is -2.26. The van der Waals surface area contributed by atoms with Gasteiger partial charge >= 0.3 is 0 Å². The molecule has 1 aromatic heterocycles. The Bertz CT molecular complexity index is 3060. The number of benzene rings is 7. The molecule has 1 aliphatic rings. The minimum atomic E-state index is -1.07. The Labute approximate surface area is 347 Å². The lowest BCUT2D eigenvalue weighted by Crippen LogP contribution is -2.10. The van der Waals surface area contributed by atoms with Crippen LogP contribution in [0.3, 0.4) is 0 Å². The zero-order valence-corrected chi connectivity index (χ0v) is 31.9. The summed E-state index contributed by atoms with van der Waals surface area (Å²) in [6.45, 7) is 0. The predicted octanol–water partition coefficient (Wildman–Crippen LogP) is 11.4. The Morgan fingerprint density at radius 1 is 0.377 bits per heavy atom. The number of para-hydroxylation sites is 3. The minimum Gasteiger partial charge on any atom is -0.508 e. The highest BCUT2D eigenvalue weighted by molar-refractivity contribution is 6.09. The standard InChI is InChI=1S/C49H36N2O10/c52-38-25-39(53)43(55)44(56)40(42(38)54)27-15-21-30(22-16-27)50(31-23-17-28(18-24-31)41-45(57)47(59)49(61)48(60)46(41)58)29-19-13-26(14-20-29)32-7-1-4-10-35(32)51-36-11-5-2-8-33(36)34-9-3-6-12-37(34)51/h1-24,52-61H,25H2. The third-order valence-electron chi connectivity index (χ3n) is 10.9. The summed E-state index contributed by atoms with van der Waals surface area (Å²) in [5, 5.41) is 106. The van der Waals surface area contributed by atoms with Gasteiger partial charge in [-0.3, -0.25) is 0 Å². The fourth-order valence-electron chi connectivity index (χ4n) is 7.96. The van der Waals surface area contributed by atoms with E-state index in [1.165, 1.54) is 0 Å². The van der Waals surface area contributed by atoms with Crippen molar-refractivity contribution >= 4 is 44.4 Å². The summed E-state index contributed by atoms with van der Waals surface area (Å²) in [6, 6.07) is 45.5. The molecular formula is C49H36N2O10. The minimum absolute atomic E-state index is 0.200. The Morgan fingerprint density at radius 2 is 0.803 bits per heavy atom. The zero-order chi connectivity index (χ0) is 42.7. The van der Waals surface area contributed by atoms with E-state index in [1.54, 1.807) is 48.5 Å². The average molecular weight is 813 g/mol. The van der Waals surface area contributed by atoms with E-state index in [-0.39, 0.29) is 22.3 Å². The van der Waals surface area contributed by atoms with E-state index in [1.807, 2.05) is 65.6 Å². The Balaban J connectivity index is 1.16. The number of aliphatic hydroxyl groups is 5. The molecule has 8 aromatic rings. The first-order chi connectivity index (χ1) is 29.4. The number of rotatable bonds is 7. The summed E-state index contributed by atoms with van der Waals surface area (Å²) in [7, 11) is 0. The number of phenolic OH excluding ortho intramolecular Hbond substituents is 5. The van der Waals surface area contributed by atoms with Crippen molar-refractivity contribution in [2.75, 3.05) is 4.90 Å². The lowest BCUT2D eigenvalue weighted by atomic mass is 9.99. The SMILES string of the molecule is OC1=C(O)C(O)=C(c2ccc(N(c3ccc(-c4ccccc4-n4c5ccccc5c5ccccc54)cc3)c3ccc(-c4c(O)c(O)c(O)c(O)c4O)cc3)cc2)C(O)=C(O)C1. The first kappa shape index (κ1) is 37.9. The van der Waals surface area contributed by atoms with Crippen molar-refractivity contribution in [2.45, 2.75) is 6.42 Å². The van der Waals surface area contributed by atoms with Crippen molar-refractivity contribution in [3.05, 3.63) is 180 Å². The molecule has 1 heterocycles. The maximum absolute atomic E-state index is 10.8. The van der Waals surface area contributed by atoms with Crippen LogP contribution in [0.15, 0.2) is 174 Å². The molecule has 12 heteroatoms. The molecular weight excluding hydrogens is 777 g/mol. The fourth-order valence-corrected chi connectivity index (χ4v) is 7.96. The van der Waals surface area contributed by atoms with Gasteiger partial charge in [0.2, 0.25) is 17.2 Å². The van der Waals surface area contributed by atoms with E-state index in [4.69, 9.17) is 0 Å². The van der Waals surface area contributed by atoms with Crippen LogP contribution in [-0.4, -0.2) is 55.6 Å². The molecule has 10 N–H and O–H groups in total. The second-order valence-corrected chi connectivity index (χ2v) is 14.5. The number of aliphatic hydroxyl groups excluding tert-OH is 5. The van der Waals surface area contributed by atoms with Crippen LogP contribution in [0.25, 0.3) is 55.3 Å². The topological polar surface area (TPSA) is 210 Å². The van der Waals surface area contributed by atoms with Crippen molar-refractivity contribution in [3.8, 4) is 56.7 Å². The molecule has 302 valence electrons. The quantitative estimate of drug-likeness (QED) is 0.0540. The molecule has 1 aliphatic carbocycles. The molecule has 0 unspecified atom stereocenters. The van der Waals surface area contributed by atoms with Gasteiger partial charge in [-0.25, -0.2) is 0 Å². The van der Waals surface area contributed by atoms with Gasteiger partial charge in [-0.1, -0.05) is 91.0 Å². The Morgan fingerprint density at radius 3 is 1.34 bits per heavy atom. The monoisotopic (exact) mass is 812 g/mol. The van der Waals surface area contributed by atoms with Crippen LogP contribution in [0.1, 0.15) is 12.0 Å². The number of phenols is 5. The van der Waals surface area contributed by atoms with Gasteiger partial charge in [0.15, 0.2) is 28.8 Å². The summed E-state index contributed by atoms with van der Waals surface area (Å²) in [4.78, 5) is 1.87. The largest absolute Gasteiger partial charge is 0.508 e. The molecule has 0 spiro atoms. The van der Waals surface area contributed by atoms with Crippen LogP contribution in [0.4, 0.5) is 17.1 Å². The van der Waals surface area contributed by atoms with Crippen LogP contribution in [0.2, 0.25) is 0 Å². The molecule has 0 aliphatic heterocycles. The number of anilines is 3. The highest BCUT2D eigenvalue weighted by Crippen LogP contribution is 2.55.